The number of alkyl halides is 3. The van der Waals surface area contributed by atoms with E-state index in [4.69, 9.17) is 10.5 Å². The third-order valence-corrected chi connectivity index (χ3v) is 5.72. The van der Waals surface area contributed by atoms with Gasteiger partial charge >= 0.3 is 6.18 Å². The number of carbonyl (C=O) groups is 1. The monoisotopic (exact) mass is 444 g/mol. The molecule has 6 nitrogen and oxygen atoms in total. The third kappa shape index (κ3) is 3.88. The SMILES string of the molecule is CCN(Cc1ccc(C(F)(F)F)cn1)C(=O)c1ccc2nc(N)c3c(c2c1)COC3(C)C. The van der Waals surface area contributed by atoms with Crippen LogP contribution in [0.5, 0.6) is 0 Å². The van der Waals surface area contributed by atoms with Crippen molar-refractivity contribution < 1.29 is 22.7 Å². The number of nitrogens with zero attached hydrogens (tertiary/aromatic N) is 3. The first-order valence-electron chi connectivity index (χ1n) is 10.2. The van der Waals surface area contributed by atoms with Crippen LogP contribution in [0.25, 0.3) is 10.9 Å². The standard InChI is InChI=1S/C23H23F3N4O2/c1-4-30(11-15-7-6-14(10-28-15)23(24,25)26)21(31)13-5-8-18-16(9-13)17-12-32-22(2,3)19(17)20(27)29-18/h5-10H,4,11-12H2,1-3H3,(H2,27,29). The lowest BCUT2D eigenvalue weighted by Gasteiger charge is -2.22. The molecule has 1 amide bonds. The predicted molar refractivity (Wildman–Crippen MR) is 114 cm³/mol. The minimum atomic E-state index is -4.45. The van der Waals surface area contributed by atoms with Crippen molar-refractivity contribution >= 4 is 22.6 Å². The van der Waals surface area contributed by atoms with Crippen LogP contribution in [0.15, 0.2) is 36.5 Å². The fourth-order valence-electron chi connectivity index (χ4n) is 4.02. The van der Waals surface area contributed by atoms with Gasteiger partial charge in [0.15, 0.2) is 0 Å². The summed E-state index contributed by atoms with van der Waals surface area (Å²) in [6.45, 7) is 6.49. The van der Waals surface area contributed by atoms with Crippen molar-refractivity contribution in [3.8, 4) is 0 Å². The van der Waals surface area contributed by atoms with E-state index in [1.807, 2.05) is 13.8 Å². The molecule has 2 N–H and O–H groups in total. The molecule has 9 heteroatoms. The Balaban J connectivity index is 1.64. The minimum absolute atomic E-state index is 0.0970. The number of amides is 1. The average molecular weight is 444 g/mol. The maximum atomic E-state index is 13.2. The molecule has 0 saturated carbocycles. The van der Waals surface area contributed by atoms with Gasteiger partial charge in [-0.1, -0.05) is 0 Å². The van der Waals surface area contributed by atoms with Crippen molar-refractivity contribution in [2.24, 2.45) is 0 Å². The number of rotatable bonds is 4. The fraction of sp³-hybridized carbons (Fsp3) is 0.348. The molecule has 0 atom stereocenters. The number of fused-ring (bicyclic) bond motifs is 3. The zero-order valence-electron chi connectivity index (χ0n) is 18.0. The first kappa shape index (κ1) is 22.0. The Morgan fingerprint density at radius 2 is 2.00 bits per heavy atom. The number of aromatic nitrogens is 2. The molecule has 32 heavy (non-hydrogen) atoms. The van der Waals surface area contributed by atoms with E-state index in [2.05, 4.69) is 9.97 Å². The van der Waals surface area contributed by atoms with Crippen LogP contribution in [0.2, 0.25) is 0 Å². The molecule has 3 aromatic rings. The Labute approximate surface area is 183 Å². The molecule has 0 radical (unpaired) electrons. The van der Waals surface area contributed by atoms with Crippen LogP contribution in [0.1, 0.15) is 53.5 Å². The van der Waals surface area contributed by atoms with Gasteiger partial charge in [-0.15, -0.1) is 0 Å². The summed E-state index contributed by atoms with van der Waals surface area (Å²) in [7, 11) is 0. The second-order valence-corrected chi connectivity index (χ2v) is 8.24. The molecule has 0 unspecified atom stereocenters. The number of anilines is 1. The van der Waals surface area contributed by atoms with Crippen LogP contribution in [0, 0.1) is 0 Å². The first-order chi connectivity index (χ1) is 15.0. The summed E-state index contributed by atoms with van der Waals surface area (Å²) in [5.41, 5.74) is 8.01. The number of hydrogen-bond acceptors (Lipinski definition) is 5. The summed E-state index contributed by atoms with van der Waals surface area (Å²) in [5.74, 6) is 0.164. The highest BCUT2D eigenvalue weighted by Gasteiger charge is 2.35. The van der Waals surface area contributed by atoms with Gasteiger partial charge in [0.05, 0.1) is 35.5 Å². The first-order valence-corrected chi connectivity index (χ1v) is 10.2. The number of halogens is 3. The Kier molecular flexibility index (Phi) is 5.32. The number of nitrogens with two attached hydrogens (primary N) is 1. The van der Waals surface area contributed by atoms with Crippen molar-refractivity contribution in [2.75, 3.05) is 12.3 Å². The van der Waals surface area contributed by atoms with Crippen molar-refractivity contribution in [1.29, 1.82) is 0 Å². The second kappa shape index (κ2) is 7.74. The lowest BCUT2D eigenvalue weighted by molar-refractivity contribution is -0.137. The number of benzene rings is 1. The number of ether oxygens (including phenoxy) is 1. The Morgan fingerprint density at radius 3 is 2.62 bits per heavy atom. The maximum absolute atomic E-state index is 13.2. The number of pyridine rings is 2. The highest BCUT2D eigenvalue weighted by Crippen LogP contribution is 2.42. The highest BCUT2D eigenvalue weighted by molar-refractivity contribution is 5.99. The zero-order valence-corrected chi connectivity index (χ0v) is 18.0. The zero-order chi connectivity index (χ0) is 23.3. The summed E-state index contributed by atoms with van der Waals surface area (Å²) in [6, 6.07) is 7.45. The Morgan fingerprint density at radius 1 is 1.25 bits per heavy atom. The van der Waals surface area contributed by atoms with Crippen molar-refractivity contribution in [3.63, 3.8) is 0 Å². The van der Waals surface area contributed by atoms with Gasteiger partial charge in [-0.3, -0.25) is 9.78 Å². The number of hydrogen-bond donors (Lipinski definition) is 1. The highest BCUT2D eigenvalue weighted by atomic mass is 19.4. The maximum Gasteiger partial charge on any atom is 0.417 e. The summed E-state index contributed by atoms with van der Waals surface area (Å²) in [5, 5.41) is 0.800. The molecule has 0 fully saturated rings. The molecule has 1 aromatic carbocycles. The molecule has 0 spiro atoms. The summed E-state index contributed by atoms with van der Waals surface area (Å²) in [4.78, 5) is 23.1. The summed E-state index contributed by atoms with van der Waals surface area (Å²) < 4.78 is 44.2. The number of nitrogen functional groups attached to an aromatic ring is 1. The topological polar surface area (TPSA) is 81.3 Å². The van der Waals surface area contributed by atoms with Crippen LogP contribution >= 0.6 is 0 Å². The lowest BCUT2D eigenvalue weighted by Crippen LogP contribution is -2.30. The average Bonchev–Trinajstić information content (AvgIpc) is 3.07. The van der Waals surface area contributed by atoms with Gasteiger partial charge in [0.1, 0.15) is 5.82 Å². The van der Waals surface area contributed by atoms with Gasteiger partial charge in [0, 0.05) is 29.3 Å². The van der Waals surface area contributed by atoms with Crippen LogP contribution in [0.3, 0.4) is 0 Å². The molecule has 0 aliphatic carbocycles. The van der Waals surface area contributed by atoms with E-state index in [-0.39, 0.29) is 12.5 Å². The summed E-state index contributed by atoms with van der Waals surface area (Å²) in [6.07, 6.45) is -3.67. The van der Waals surface area contributed by atoms with Crippen LogP contribution in [-0.4, -0.2) is 27.3 Å². The molecule has 4 rings (SSSR count). The molecule has 1 aliphatic rings. The van der Waals surface area contributed by atoms with Crippen molar-refractivity contribution in [2.45, 2.75) is 45.7 Å². The van der Waals surface area contributed by atoms with E-state index >= 15 is 0 Å². The van der Waals surface area contributed by atoms with E-state index in [1.165, 1.54) is 11.0 Å². The summed E-state index contributed by atoms with van der Waals surface area (Å²) >= 11 is 0. The van der Waals surface area contributed by atoms with Gasteiger partial charge in [-0.2, -0.15) is 13.2 Å². The fourth-order valence-corrected chi connectivity index (χ4v) is 4.02. The van der Waals surface area contributed by atoms with Gasteiger partial charge in [-0.25, -0.2) is 4.98 Å². The largest absolute Gasteiger partial charge is 0.417 e. The molecule has 0 bridgehead atoms. The van der Waals surface area contributed by atoms with Crippen LogP contribution in [-0.2, 0) is 29.7 Å². The van der Waals surface area contributed by atoms with E-state index in [1.54, 1.807) is 25.1 Å². The van der Waals surface area contributed by atoms with Gasteiger partial charge in [0.25, 0.3) is 5.91 Å². The molecule has 0 saturated heterocycles. The van der Waals surface area contributed by atoms with E-state index in [0.717, 1.165) is 28.8 Å². The van der Waals surface area contributed by atoms with Crippen LogP contribution < -0.4 is 5.73 Å². The smallest absolute Gasteiger partial charge is 0.383 e. The van der Waals surface area contributed by atoms with Crippen molar-refractivity contribution in [3.05, 3.63) is 64.5 Å². The van der Waals surface area contributed by atoms with E-state index in [0.29, 0.717) is 35.7 Å². The predicted octanol–water partition coefficient (Wildman–Crippen LogP) is 4.66. The third-order valence-electron chi connectivity index (χ3n) is 5.72. The Hall–Kier alpha value is -3.20. The van der Waals surface area contributed by atoms with E-state index in [9.17, 15) is 18.0 Å². The minimum Gasteiger partial charge on any atom is -0.383 e. The van der Waals surface area contributed by atoms with Gasteiger partial charge in [0.2, 0.25) is 0 Å². The lowest BCUT2D eigenvalue weighted by atomic mass is 9.93. The van der Waals surface area contributed by atoms with Crippen LogP contribution in [0.4, 0.5) is 19.0 Å². The van der Waals surface area contributed by atoms with Gasteiger partial charge in [-0.05, 0) is 56.7 Å². The molecule has 168 valence electrons. The normalized spacial score (nSPS) is 15.1. The quantitative estimate of drug-likeness (QED) is 0.633. The molecule has 1 aliphatic heterocycles. The second-order valence-electron chi connectivity index (χ2n) is 8.24. The molecule has 3 heterocycles. The number of carbonyl (C=O) groups excluding carboxylic acids is 1. The van der Waals surface area contributed by atoms with Crippen molar-refractivity contribution in [1.82, 2.24) is 14.9 Å². The Bertz CT molecular complexity index is 1190. The van der Waals surface area contributed by atoms with E-state index < -0.39 is 17.3 Å². The molecule has 2 aromatic heterocycles. The molecular weight excluding hydrogens is 421 g/mol. The van der Waals surface area contributed by atoms with Gasteiger partial charge < -0.3 is 15.4 Å². The molecular formula is C23H23F3N4O2.